The van der Waals surface area contributed by atoms with Crippen molar-refractivity contribution in [3.05, 3.63) is 29.8 Å². The summed E-state index contributed by atoms with van der Waals surface area (Å²) in [5.41, 5.74) is 2.80. The molecule has 1 saturated heterocycles. The topological polar surface area (TPSA) is 15.3 Å². The Bertz CT molecular complexity index is 385. The van der Waals surface area contributed by atoms with Crippen molar-refractivity contribution < 1.29 is 0 Å². The third kappa shape index (κ3) is 3.11. The molecule has 1 aromatic rings. The van der Waals surface area contributed by atoms with Crippen molar-refractivity contribution in [1.82, 2.24) is 5.32 Å². The van der Waals surface area contributed by atoms with E-state index in [1.807, 2.05) is 0 Å². The zero-order chi connectivity index (χ0) is 13.8. The van der Waals surface area contributed by atoms with Crippen molar-refractivity contribution in [2.24, 2.45) is 5.92 Å². The van der Waals surface area contributed by atoms with Crippen molar-refractivity contribution in [3.63, 3.8) is 0 Å². The second-order valence-electron chi connectivity index (χ2n) is 5.77. The summed E-state index contributed by atoms with van der Waals surface area (Å²) in [6.07, 6.45) is 2.36. The summed E-state index contributed by atoms with van der Waals surface area (Å²) in [7, 11) is 0. The minimum atomic E-state index is 0.602. The lowest BCUT2D eigenvalue weighted by Gasteiger charge is -2.44. The predicted octanol–water partition coefficient (Wildman–Crippen LogP) is 3.46. The fourth-order valence-corrected chi connectivity index (χ4v) is 3.20. The fraction of sp³-hybridized carbons (Fsp3) is 0.647. The van der Waals surface area contributed by atoms with Gasteiger partial charge in [0.05, 0.1) is 0 Å². The first-order chi connectivity index (χ1) is 9.17. The van der Waals surface area contributed by atoms with Gasteiger partial charge in [0, 0.05) is 24.3 Å². The van der Waals surface area contributed by atoms with Gasteiger partial charge >= 0.3 is 0 Å². The Hall–Kier alpha value is -1.02. The molecule has 2 heteroatoms. The van der Waals surface area contributed by atoms with E-state index >= 15 is 0 Å². The van der Waals surface area contributed by atoms with Crippen LogP contribution in [0.5, 0.6) is 0 Å². The van der Waals surface area contributed by atoms with E-state index in [1.165, 1.54) is 17.7 Å². The first kappa shape index (κ1) is 14.4. The summed E-state index contributed by atoms with van der Waals surface area (Å²) in [6, 6.07) is 10.4. The summed E-state index contributed by atoms with van der Waals surface area (Å²) in [4.78, 5) is 2.57. The second-order valence-corrected chi connectivity index (χ2v) is 5.77. The van der Waals surface area contributed by atoms with Crippen molar-refractivity contribution >= 4 is 5.69 Å². The smallest absolute Gasteiger partial charge is 0.0368 e. The van der Waals surface area contributed by atoms with E-state index in [2.05, 4.69) is 62.2 Å². The molecule has 19 heavy (non-hydrogen) atoms. The molecule has 0 aromatic heterocycles. The molecule has 106 valence electrons. The number of hydrogen-bond donors (Lipinski definition) is 1. The van der Waals surface area contributed by atoms with Crippen LogP contribution in [0.1, 0.15) is 39.7 Å². The number of nitrogens with one attached hydrogen (secondary N) is 1. The third-order valence-electron chi connectivity index (χ3n) is 4.71. The maximum Gasteiger partial charge on any atom is 0.0368 e. The monoisotopic (exact) mass is 260 g/mol. The van der Waals surface area contributed by atoms with Crippen molar-refractivity contribution in [3.8, 4) is 0 Å². The minimum absolute atomic E-state index is 0.602. The van der Waals surface area contributed by atoms with E-state index in [0.717, 1.165) is 19.5 Å². The van der Waals surface area contributed by atoms with Gasteiger partial charge in [-0.15, -0.1) is 0 Å². The quantitative estimate of drug-likeness (QED) is 0.892. The van der Waals surface area contributed by atoms with Gasteiger partial charge in [0.25, 0.3) is 0 Å². The molecule has 2 rings (SSSR count). The third-order valence-corrected chi connectivity index (χ3v) is 4.71. The molecule has 0 aliphatic carbocycles. The van der Waals surface area contributed by atoms with Gasteiger partial charge in [-0.3, -0.25) is 0 Å². The zero-order valence-electron chi connectivity index (χ0n) is 12.8. The lowest BCUT2D eigenvalue weighted by molar-refractivity contribution is 0.274. The van der Waals surface area contributed by atoms with Crippen LogP contribution in [0.15, 0.2) is 24.3 Å². The Morgan fingerprint density at radius 2 is 1.84 bits per heavy atom. The first-order valence-electron chi connectivity index (χ1n) is 7.76. The number of nitrogens with zero attached hydrogens (tertiary/aromatic N) is 1. The van der Waals surface area contributed by atoms with Crippen molar-refractivity contribution in [2.45, 2.75) is 52.6 Å². The number of aryl methyl sites for hydroxylation is 1. The van der Waals surface area contributed by atoms with E-state index in [1.54, 1.807) is 0 Å². The number of piperidine rings is 1. The standard InChI is InChI=1S/C17H28N2/c1-5-15-7-9-16(10-8-15)19-12-11-17(18-6-2)13(3)14(19)4/h7-10,13-14,17-18H,5-6,11-12H2,1-4H3. The molecule has 0 spiro atoms. The zero-order valence-corrected chi connectivity index (χ0v) is 12.8. The molecule has 1 aromatic carbocycles. The normalized spacial score (nSPS) is 27.6. The highest BCUT2D eigenvalue weighted by atomic mass is 15.2. The molecular formula is C17H28N2. The highest BCUT2D eigenvalue weighted by Crippen LogP contribution is 2.29. The van der Waals surface area contributed by atoms with Gasteiger partial charge in [-0.2, -0.15) is 0 Å². The van der Waals surface area contributed by atoms with E-state index in [4.69, 9.17) is 0 Å². The Morgan fingerprint density at radius 1 is 1.16 bits per heavy atom. The molecular weight excluding hydrogens is 232 g/mol. The van der Waals surface area contributed by atoms with E-state index in [-0.39, 0.29) is 0 Å². The predicted molar refractivity (Wildman–Crippen MR) is 83.9 cm³/mol. The molecule has 0 radical (unpaired) electrons. The van der Waals surface area contributed by atoms with Crippen LogP contribution in [-0.4, -0.2) is 25.2 Å². The Morgan fingerprint density at radius 3 is 2.42 bits per heavy atom. The summed E-state index contributed by atoms with van der Waals surface area (Å²) < 4.78 is 0. The maximum absolute atomic E-state index is 3.63. The molecule has 1 heterocycles. The van der Waals surface area contributed by atoms with E-state index in [9.17, 15) is 0 Å². The fourth-order valence-electron chi connectivity index (χ4n) is 3.20. The number of benzene rings is 1. The molecule has 1 fully saturated rings. The average Bonchev–Trinajstić information content (AvgIpc) is 2.45. The van der Waals surface area contributed by atoms with Crippen LogP contribution in [-0.2, 0) is 6.42 Å². The van der Waals surface area contributed by atoms with Crippen LogP contribution in [0, 0.1) is 5.92 Å². The van der Waals surface area contributed by atoms with Crippen LogP contribution in [0.25, 0.3) is 0 Å². The van der Waals surface area contributed by atoms with Gasteiger partial charge < -0.3 is 10.2 Å². The van der Waals surface area contributed by atoms with Crippen molar-refractivity contribution in [1.29, 1.82) is 0 Å². The van der Waals surface area contributed by atoms with Gasteiger partial charge in [-0.25, -0.2) is 0 Å². The SMILES string of the molecule is CCNC1CCN(c2ccc(CC)cc2)C(C)C1C. The molecule has 0 bridgehead atoms. The summed E-state index contributed by atoms with van der Waals surface area (Å²) >= 11 is 0. The summed E-state index contributed by atoms with van der Waals surface area (Å²) in [5.74, 6) is 0.694. The highest BCUT2D eigenvalue weighted by Gasteiger charge is 2.31. The largest absolute Gasteiger partial charge is 0.368 e. The Kier molecular flexibility index (Phi) is 4.87. The summed E-state index contributed by atoms with van der Waals surface area (Å²) in [5, 5.41) is 3.63. The van der Waals surface area contributed by atoms with Crippen LogP contribution >= 0.6 is 0 Å². The van der Waals surface area contributed by atoms with Gasteiger partial charge in [-0.05, 0) is 49.9 Å². The molecule has 3 unspecified atom stereocenters. The minimum Gasteiger partial charge on any atom is -0.368 e. The lowest BCUT2D eigenvalue weighted by Crippen LogP contribution is -2.53. The molecule has 1 aliphatic heterocycles. The Labute approximate surface area is 118 Å². The molecule has 1 aliphatic rings. The van der Waals surface area contributed by atoms with Gasteiger partial charge in [-0.1, -0.05) is 32.9 Å². The van der Waals surface area contributed by atoms with Crippen LogP contribution in [0.2, 0.25) is 0 Å². The number of anilines is 1. The number of hydrogen-bond acceptors (Lipinski definition) is 2. The number of rotatable bonds is 4. The van der Waals surface area contributed by atoms with Gasteiger partial charge in [0.15, 0.2) is 0 Å². The lowest BCUT2D eigenvalue weighted by atomic mass is 9.86. The molecule has 0 saturated carbocycles. The summed E-state index contributed by atoms with van der Waals surface area (Å²) in [6.45, 7) is 11.4. The van der Waals surface area contributed by atoms with Crippen LogP contribution < -0.4 is 10.2 Å². The molecule has 3 atom stereocenters. The molecule has 0 amide bonds. The van der Waals surface area contributed by atoms with Gasteiger partial charge in [0.2, 0.25) is 0 Å². The van der Waals surface area contributed by atoms with Gasteiger partial charge in [0.1, 0.15) is 0 Å². The second kappa shape index (κ2) is 6.42. The van der Waals surface area contributed by atoms with Crippen LogP contribution in [0.4, 0.5) is 5.69 Å². The molecule has 1 N–H and O–H groups in total. The van der Waals surface area contributed by atoms with Crippen molar-refractivity contribution in [2.75, 3.05) is 18.0 Å². The first-order valence-corrected chi connectivity index (χ1v) is 7.76. The van der Waals surface area contributed by atoms with E-state index in [0.29, 0.717) is 18.0 Å². The highest BCUT2D eigenvalue weighted by molar-refractivity contribution is 5.49. The van der Waals surface area contributed by atoms with E-state index < -0.39 is 0 Å². The molecule has 2 nitrogen and oxygen atoms in total. The average molecular weight is 260 g/mol. The van der Waals surface area contributed by atoms with Crippen LogP contribution in [0.3, 0.4) is 0 Å². The maximum atomic E-state index is 3.63. The Balaban J connectivity index is 2.08.